The van der Waals surface area contributed by atoms with Gasteiger partial charge < -0.3 is 86.8 Å². The number of hydrogen-bond acceptors (Lipinski definition) is 17. The highest BCUT2D eigenvalue weighted by atomic mass is 16.4. The molecule has 0 bridgehead atoms. The van der Waals surface area contributed by atoms with Gasteiger partial charge in [-0.3, -0.25) is 0 Å². The predicted octanol–water partition coefficient (Wildman–Crippen LogP) is -7.58. The lowest BCUT2D eigenvalue weighted by molar-refractivity contribution is -0.132. The van der Waals surface area contributed by atoms with E-state index in [0.717, 1.165) is 0 Å². The molecule has 0 heterocycles. The lowest BCUT2D eigenvalue weighted by Gasteiger charge is -1.79. The van der Waals surface area contributed by atoms with Gasteiger partial charge in [-0.1, -0.05) is 6.58 Å². The van der Waals surface area contributed by atoms with E-state index < -0.39 is 5.97 Å². The minimum absolute atomic E-state index is 0.125. The summed E-state index contributed by atoms with van der Waals surface area (Å²) in [6, 6.07) is 0. The Hall–Kier alpha value is -1.43. The molecule has 0 atom stereocenters. The second-order valence-electron chi connectivity index (χ2n) is 4.66. The third-order valence-corrected chi connectivity index (χ3v) is 1.17. The first kappa shape index (κ1) is 60.9. The molecule has 38 heavy (non-hydrogen) atoms. The Kier molecular flexibility index (Phi) is 161. The van der Waals surface area contributed by atoms with Gasteiger partial charge in [-0.25, -0.2) is 4.79 Å². The van der Waals surface area contributed by atoms with E-state index in [1.54, 1.807) is 0 Å². The van der Waals surface area contributed by atoms with Gasteiger partial charge in [-0.15, -0.1) is 0 Å². The highest BCUT2D eigenvalue weighted by Crippen LogP contribution is 1.81. The van der Waals surface area contributed by atoms with Crippen molar-refractivity contribution in [1.82, 2.24) is 0 Å². The molecule has 0 aromatic heterocycles. The number of aliphatic hydroxyl groups excluding tert-OH is 16. The normalized spacial score (nSPS) is 7.50. The molecule has 0 rings (SSSR count). The Morgan fingerprint density at radius 2 is 0.421 bits per heavy atom. The quantitative estimate of drug-likeness (QED) is 0.112. The van der Waals surface area contributed by atoms with Crippen molar-refractivity contribution in [2.45, 2.75) is 6.92 Å². The van der Waals surface area contributed by atoms with Crippen LogP contribution in [0.2, 0.25) is 0 Å². The zero-order valence-electron chi connectivity index (χ0n) is 22.0. The summed E-state index contributed by atoms with van der Waals surface area (Å²) in [5.74, 6) is -0.935. The smallest absolute Gasteiger partial charge is 0.330 e. The number of carboxylic acids is 1. The molecule has 0 amide bonds. The van der Waals surface area contributed by atoms with Crippen molar-refractivity contribution in [2.24, 2.45) is 0 Å². The SMILES string of the molecule is C=C(C)C(=O)O.OCCO.OCCO.OCCO.OCCO.OCCO.OCCO.OCCO.OCCO. The topological polar surface area (TPSA) is 361 Å². The molecule has 0 unspecified atom stereocenters. The number of rotatable bonds is 9. The lowest BCUT2D eigenvalue weighted by Crippen LogP contribution is -1.92. The summed E-state index contributed by atoms with van der Waals surface area (Å²) < 4.78 is 0. The largest absolute Gasteiger partial charge is 0.478 e. The van der Waals surface area contributed by atoms with E-state index in [9.17, 15) is 4.79 Å². The number of aliphatic carboxylic acids is 1. The minimum atomic E-state index is -0.935. The molecular formula is C20H54O18. The van der Waals surface area contributed by atoms with Crippen molar-refractivity contribution >= 4 is 5.97 Å². The summed E-state index contributed by atoms with van der Waals surface area (Å²) in [6.07, 6.45) is 0. The summed E-state index contributed by atoms with van der Waals surface area (Å²) in [5, 5.41) is 130. The zero-order valence-corrected chi connectivity index (χ0v) is 22.0. The van der Waals surface area contributed by atoms with Crippen LogP contribution >= 0.6 is 0 Å². The first-order valence-corrected chi connectivity index (χ1v) is 10.6. The third kappa shape index (κ3) is 349. The zero-order chi connectivity index (χ0) is 32.5. The second kappa shape index (κ2) is 100. The monoisotopic (exact) mass is 582 g/mol. The average Bonchev–Trinajstić information content (AvgIpc) is 2.97. The molecule has 0 aliphatic heterocycles. The molecule has 0 aromatic rings. The van der Waals surface area contributed by atoms with Crippen molar-refractivity contribution in [1.29, 1.82) is 0 Å². The van der Waals surface area contributed by atoms with Gasteiger partial charge in [-0.05, 0) is 6.92 Å². The van der Waals surface area contributed by atoms with Crippen LogP contribution in [0.5, 0.6) is 0 Å². The van der Waals surface area contributed by atoms with Gasteiger partial charge in [0.15, 0.2) is 0 Å². The van der Waals surface area contributed by atoms with Crippen LogP contribution in [-0.2, 0) is 4.79 Å². The van der Waals surface area contributed by atoms with E-state index in [0.29, 0.717) is 0 Å². The van der Waals surface area contributed by atoms with Gasteiger partial charge in [0.05, 0.1) is 106 Å². The Bertz CT molecular complexity index is 223. The molecule has 0 aliphatic carbocycles. The fraction of sp³-hybridized carbons (Fsp3) is 0.850. The highest BCUT2D eigenvalue weighted by molar-refractivity contribution is 5.84. The van der Waals surface area contributed by atoms with Crippen molar-refractivity contribution in [3.05, 3.63) is 12.2 Å². The number of carbonyl (C=O) groups is 1. The third-order valence-electron chi connectivity index (χ3n) is 1.17. The van der Waals surface area contributed by atoms with Crippen molar-refractivity contribution in [3.8, 4) is 0 Å². The molecule has 0 radical (unpaired) electrons. The van der Waals surface area contributed by atoms with E-state index in [-0.39, 0.29) is 111 Å². The van der Waals surface area contributed by atoms with Crippen molar-refractivity contribution in [3.63, 3.8) is 0 Å². The van der Waals surface area contributed by atoms with Crippen LogP contribution in [-0.4, -0.2) is 198 Å². The summed E-state index contributed by atoms with van der Waals surface area (Å²) in [7, 11) is 0. The van der Waals surface area contributed by atoms with Crippen LogP contribution in [0.4, 0.5) is 0 Å². The first-order valence-electron chi connectivity index (χ1n) is 10.6. The van der Waals surface area contributed by atoms with E-state index in [4.69, 9.17) is 86.8 Å². The molecular weight excluding hydrogens is 528 g/mol. The van der Waals surface area contributed by atoms with E-state index in [1.165, 1.54) is 6.92 Å². The summed E-state index contributed by atoms with van der Waals surface area (Å²) in [6.45, 7) is 2.60. The maximum Gasteiger partial charge on any atom is 0.330 e. The average molecular weight is 583 g/mol. The standard InChI is InChI=1S/C4H6O2.8C2H6O2/c1-3(2)4(5)6;8*3-1-2-4/h1H2,2H3,(H,5,6);8*3-4H,1-2H2. The van der Waals surface area contributed by atoms with Gasteiger partial charge in [0.25, 0.3) is 0 Å². The molecule has 0 saturated heterocycles. The lowest BCUT2D eigenvalue weighted by atomic mass is 10.4. The molecule has 18 nitrogen and oxygen atoms in total. The van der Waals surface area contributed by atoms with Crippen LogP contribution in [0.25, 0.3) is 0 Å². The van der Waals surface area contributed by atoms with Gasteiger partial charge >= 0.3 is 5.97 Å². The fourth-order valence-corrected chi connectivity index (χ4v) is 0. The van der Waals surface area contributed by atoms with E-state index >= 15 is 0 Å². The maximum atomic E-state index is 9.60. The van der Waals surface area contributed by atoms with Crippen LogP contribution in [0.1, 0.15) is 6.92 Å². The van der Waals surface area contributed by atoms with Crippen molar-refractivity contribution in [2.75, 3.05) is 106 Å². The molecule has 0 aliphatic rings. The second-order valence-corrected chi connectivity index (χ2v) is 4.66. The molecule has 18 heteroatoms. The molecule has 0 saturated carbocycles. The Morgan fingerprint density at radius 3 is 0.421 bits per heavy atom. The molecule has 0 spiro atoms. The first-order chi connectivity index (χ1) is 18.0. The Morgan fingerprint density at radius 1 is 0.368 bits per heavy atom. The summed E-state index contributed by atoms with van der Waals surface area (Å²) in [5.41, 5.74) is 0.176. The number of hydrogen-bond donors (Lipinski definition) is 17. The molecule has 0 fully saturated rings. The molecule has 0 aromatic carbocycles. The van der Waals surface area contributed by atoms with Gasteiger partial charge in [-0.2, -0.15) is 0 Å². The van der Waals surface area contributed by atoms with Gasteiger partial charge in [0, 0.05) is 5.57 Å². The van der Waals surface area contributed by atoms with Gasteiger partial charge in [0.1, 0.15) is 0 Å². The number of carboxylic acid groups (broad SMARTS) is 1. The molecule has 242 valence electrons. The van der Waals surface area contributed by atoms with Gasteiger partial charge in [0.2, 0.25) is 0 Å². The van der Waals surface area contributed by atoms with Crippen LogP contribution in [0, 0.1) is 0 Å². The van der Waals surface area contributed by atoms with Crippen LogP contribution < -0.4 is 0 Å². The maximum absolute atomic E-state index is 9.60. The van der Waals surface area contributed by atoms with Crippen molar-refractivity contribution < 1.29 is 91.6 Å². The van der Waals surface area contributed by atoms with E-state index in [2.05, 4.69) is 6.58 Å². The van der Waals surface area contributed by atoms with Crippen LogP contribution in [0.15, 0.2) is 12.2 Å². The minimum Gasteiger partial charge on any atom is -0.478 e. The molecule has 17 N–H and O–H groups in total. The Balaban J connectivity index is -0.0000000357. The summed E-state index contributed by atoms with van der Waals surface area (Å²) >= 11 is 0. The Labute approximate surface area is 223 Å². The predicted molar refractivity (Wildman–Crippen MR) is 136 cm³/mol. The highest BCUT2D eigenvalue weighted by Gasteiger charge is 1.90. The summed E-state index contributed by atoms with van der Waals surface area (Å²) in [4.78, 5) is 9.60. The van der Waals surface area contributed by atoms with E-state index in [1.807, 2.05) is 0 Å². The number of aliphatic hydroxyl groups is 16. The van der Waals surface area contributed by atoms with Crippen LogP contribution in [0.3, 0.4) is 0 Å². The fourth-order valence-electron chi connectivity index (χ4n) is 0.